The summed E-state index contributed by atoms with van der Waals surface area (Å²) in [5.74, 6) is 4.22. The first-order valence-corrected chi connectivity index (χ1v) is 37.6. The molecule has 0 aromatic heterocycles. The summed E-state index contributed by atoms with van der Waals surface area (Å²) in [6.07, 6.45) is 20.8. The third kappa shape index (κ3) is 9.46. The van der Waals surface area contributed by atoms with Crippen molar-refractivity contribution in [2.75, 3.05) is 4.43 Å². The van der Waals surface area contributed by atoms with E-state index in [4.69, 9.17) is 0 Å². The Labute approximate surface area is 483 Å². The van der Waals surface area contributed by atoms with Crippen molar-refractivity contribution in [2.24, 2.45) is 11.8 Å². The molecule has 8 saturated carbocycles. The molecule has 0 radical (unpaired) electrons. The zero-order valence-corrected chi connectivity index (χ0v) is 51.6. The van der Waals surface area contributed by atoms with Gasteiger partial charge in [-0.1, -0.05) is 12.1 Å². The standard InChI is InChI=1S/C73H87IO2S2/c1-66(2,3)59-33-53(64(75)61(35-59)72-41-51-37-68(47-72,55-23-13-9-14-24-55)45-69(38-51,48-72)56-25-15-10-16-26-56)43-77-63-31-21-7-8-22-32-74(63)78-44-54-34-60(67(4,5)6)36-62(65(54)76)73-42-52-39-70(49-73,57-27-17-11-18-28-57)46-71(40-52,50-73)58-29-19-12-20-30-58/h9-20,23-30,33-36,51-52,63,75-76H,7-8,21-22,31-32,37-50H2,1-6H3. The molecule has 9 fully saturated rings. The molecule has 1 aliphatic heterocycles. The van der Waals surface area contributed by atoms with E-state index in [1.807, 2.05) is 0 Å². The average Bonchev–Trinajstić information content (AvgIpc) is 3.07. The fraction of sp³-hybridized carbons (Fsp3) is 0.507. The van der Waals surface area contributed by atoms with Crippen LogP contribution in [-0.2, 0) is 54.8 Å². The quantitative estimate of drug-likeness (QED) is 0.0946. The van der Waals surface area contributed by atoms with Crippen molar-refractivity contribution < 1.29 is 10.2 Å². The van der Waals surface area contributed by atoms with E-state index >= 15 is 0 Å². The van der Waals surface area contributed by atoms with Crippen LogP contribution < -0.4 is 0 Å². The number of hydrogen-bond donors (Lipinski definition) is 2. The maximum atomic E-state index is 13.2. The molecule has 410 valence electrons. The maximum absolute atomic E-state index is 13.2. The number of phenols is 2. The van der Waals surface area contributed by atoms with Gasteiger partial charge in [-0.2, -0.15) is 0 Å². The Balaban J connectivity index is 0.827. The van der Waals surface area contributed by atoms with Gasteiger partial charge in [0.05, 0.1) is 0 Å². The molecule has 78 heavy (non-hydrogen) atoms. The number of benzene rings is 6. The van der Waals surface area contributed by atoms with Crippen LogP contribution in [0.1, 0.15) is 206 Å². The second-order valence-electron chi connectivity index (χ2n) is 28.9. The number of hydrogen-bond acceptors (Lipinski definition) is 4. The van der Waals surface area contributed by atoms with E-state index in [0.717, 1.165) is 37.2 Å². The Hall–Kier alpha value is -3.65. The van der Waals surface area contributed by atoms with Gasteiger partial charge in [-0.05, 0) is 0 Å². The van der Waals surface area contributed by atoms with Gasteiger partial charge in [0, 0.05) is 0 Å². The van der Waals surface area contributed by atoms with Gasteiger partial charge in [0.25, 0.3) is 0 Å². The first-order chi connectivity index (χ1) is 37.4. The van der Waals surface area contributed by atoms with Gasteiger partial charge >= 0.3 is 475 Å². The minimum atomic E-state index is -1.65. The zero-order chi connectivity index (χ0) is 53.8. The minimum absolute atomic E-state index is 0.0429. The molecule has 1 saturated heterocycles. The molecule has 2 nitrogen and oxygen atoms in total. The third-order valence-electron chi connectivity index (χ3n) is 21.5. The van der Waals surface area contributed by atoms with Crippen molar-refractivity contribution >= 4 is 39.1 Å². The van der Waals surface area contributed by atoms with Crippen LogP contribution in [-0.4, -0.2) is 17.9 Å². The Morgan fingerprint density at radius 2 is 0.782 bits per heavy atom. The molecule has 5 unspecified atom stereocenters. The molecule has 8 bridgehead atoms. The number of rotatable bonds is 12. The molecule has 2 N–H and O–H groups in total. The van der Waals surface area contributed by atoms with Gasteiger partial charge in [-0.15, -0.1) is 0 Å². The van der Waals surface area contributed by atoms with Crippen LogP contribution in [0.4, 0.5) is 0 Å². The summed E-state index contributed by atoms with van der Waals surface area (Å²) in [5, 5.41) is 26.3. The molecule has 9 aliphatic rings. The van der Waals surface area contributed by atoms with E-state index in [1.54, 1.807) is 0 Å². The molecule has 1 heterocycles. The molecule has 6 aromatic rings. The van der Waals surface area contributed by atoms with Gasteiger partial charge in [-0.25, -0.2) is 0 Å². The predicted molar refractivity (Wildman–Crippen MR) is 340 cm³/mol. The van der Waals surface area contributed by atoms with Crippen molar-refractivity contribution in [1.82, 2.24) is 0 Å². The second-order valence-corrected chi connectivity index (χ2v) is 40.6. The molecule has 8 aliphatic carbocycles. The topological polar surface area (TPSA) is 40.5 Å². The van der Waals surface area contributed by atoms with Gasteiger partial charge in [-0.3, -0.25) is 0 Å². The summed E-state index contributed by atoms with van der Waals surface area (Å²) >= 11 is 0.552. The summed E-state index contributed by atoms with van der Waals surface area (Å²) in [7, 11) is 2.29. The predicted octanol–water partition coefficient (Wildman–Crippen LogP) is 19.8. The molecule has 5 heteroatoms. The number of phenolic OH excluding ortho intramolecular Hbond substituents is 2. The summed E-state index contributed by atoms with van der Waals surface area (Å²) in [4.78, 5) is 0. The van der Waals surface area contributed by atoms with E-state index in [9.17, 15) is 10.2 Å². The first-order valence-electron chi connectivity index (χ1n) is 30.3. The fourth-order valence-corrected chi connectivity index (χ4v) is 33.9. The molecular formula is C73H87IO2S2. The number of thioether (sulfide) groups is 1. The second kappa shape index (κ2) is 20.1. The first kappa shape index (κ1) is 53.6. The zero-order valence-electron chi connectivity index (χ0n) is 47.8. The van der Waals surface area contributed by atoms with Crippen molar-refractivity contribution in [3.05, 3.63) is 201 Å². The van der Waals surface area contributed by atoms with Crippen LogP contribution in [0.2, 0.25) is 0 Å². The summed E-state index contributed by atoms with van der Waals surface area (Å²) in [6.45, 7) is 14.3. The van der Waals surface area contributed by atoms with Crippen molar-refractivity contribution in [3.8, 4) is 11.5 Å². The van der Waals surface area contributed by atoms with E-state index in [0.29, 0.717) is 26.6 Å². The molecular weight excluding hydrogens is 1100 g/mol. The van der Waals surface area contributed by atoms with Gasteiger partial charge in [0.15, 0.2) is 0 Å². The number of halogens is 1. The molecule has 0 spiro atoms. The molecule has 5 atom stereocenters. The van der Waals surface area contributed by atoms with Crippen molar-refractivity contribution in [3.63, 3.8) is 0 Å². The van der Waals surface area contributed by atoms with Crippen LogP contribution in [0.15, 0.2) is 146 Å². The Bertz CT molecular complexity index is 2820. The Morgan fingerprint density at radius 1 is 0.436 bits per heavy atom. The van der Waals surface area contributed by atoms with Crippen LogP contribution >= 0.6 is 39.1 Å². The van der Waals surface area contributed by atoms with E-state index in [1.165, 1.54) is 144 Å². The van der Waals surface area contributed by atoms with E-state index in [-0.39, 0.29) is 43.3 Å². The monoisotopic (exact) mass is 1190 g/mol. The fourth-order valence-electron chi connectivity index (χ4n) is 18.9. The summed E-state index contributed by atoms with van der Waals surface area (Å²) < 4.78 is 1.98. The van der Waals surface area contributed by atoms with Crippen LogP contribution in [0, 0.1) is 11.8 Å². The molecule has 15 rings (SSSR count). The van der Waals surface area contributed by atoms with Gasteiger partial charge in [0.1, 0.15) is 0 Å². The molecule has 0 amide bonds. The van der Waals surface area contributed by atoms with Gasteiger partial charge < -0.3 is 0 Å². The average molecular weight is 1190 g/mol. The Morgan fingerprint density at radius 3 is 1.17 bits per heavy atom. The van der Waals surface area contributed by atoms with Gasteiger partial charge in [0.2, 0.25) is 0 Å². The normalized spacial score (nSPS) is 32.7. The third-order valence-corrected chi connectivity index (χ3v) is 36.3. The van der Waals surface area contributed by atoms with Crippen LogP contribution in [0.25, 0.3) is 0 Å². The summed E-state index contributed by atoms with van der Waals surface area (Å²) in [5.41, 5.74) is 13.8. The number of alkyl halides is 2. The van der Waals surface area contributed by atoms with E-state index < -0.39 is 18.4 Å². The Kier molecular flexibility index (Phi) is 13.8. The van der Waals surface area contributed by atoms with E-state index in [2.05, 4.69) is 208 Å². The van der Waals surface area contributed by atoms with Crippen LogP contribution in [0.5, 0.6) is 11.5 Å². The SMILES string of the molecule is CC(C)(C)c1cc(CSC2CCCCCCI2SCc2cc(C(C)(C)C)cc(C34CC5CC(c6ccccc6)(CC(c6ccccc6)(C5)C3)C4)c2O)c(O)c(C23CC4CC(c5ccccc5)(CC(c5ccccc5)(C4)C2)C3)c1. The van der Waals surface area contributed by atoms with Crippen LogP contribution in [0.3, 0.4) is 0 Å². The van der Waals surface area contributed by atoms with Crippen molar-refractivity contribution in [2.45, 2.75) is 209 Å². The molecule has 6 aromatic carbocycles. The van der Waals surface area contributed by atoms with Crippen molar-refractivity contribution in [1.29, 1.82) is 0 Å². The number of aromatic hydroxyl groups is 2. The summed E-state index contributed by atoms with van der Waals surface area (Å²) in [6, 6.07) is 56.1.